The molecule has 2 amide bonds. The number of aromatic nitrogens is 2. The molecule has 31 heavy (non-hydrogen) atoms. The van der Waals surface area contributed by atoms with Gasteiger partial charge in [-0.1, -0.05) is 30.3 Å². The van der Waals surface area contributed by atoms with Crippen LogP contribution in [0.5, 0.6) is 0 Å². The second kappa shape index (κ2) is 8.89. The maximum Gasteiger partial charge on any atom is 0.249 e. The molecule has 0 spiro atoms. The van der Waals surface area contributed by atoms with Crippen molar-refractivity contribution in [1.29, 1.82) is 0 Å². The average Bonchev–Trinajstić information content (AvgIpc) is 3.40. The molecule has 2 aromatic carbocycles. The number of rotatable bonds is 6. The number of nitrogens with one attached hydrogen (secondary N) is 2. The second-order valence-electron chi connectivity index (χ2n) is 8.09. The SMILES string of the molecule is Cc1cccc(C)c1NC(=O)Cn1c(C(C)NC(=O)C2CCCO2)nc2ccccc21. The summed E-state index contributed by atoms with van der Waals surface area (Å²) in [4.78, 5) is 30.2. The minimum atomic E-state index is -0.410. The quantitative estimate of drug-likeness (QED) is 0.637. The lowest BCUT2D eigenvalue weighted by Crippen LogP contribution is -2.37. The first-order valence-corrected chi connectivity index (χ1v) is 10.7. The van der Waals surface area contributed by atoms with E-state index in [1.165, 1.54) is 0 Å². The molecule has 7 nitrogen and oxygen atoms in total. The minimum Gasteiger partial charge on any atom is -0.368 e. The monoisotopic (exact) mass is 420 g/mol. The molecule has 1 fully saturated rings. The predicted octanol–water partition coefficient (Wildman–Crippen LogP) is 3.65. The van der Waals surface area contributed by atoms with Gasteiger partial charge in [0.05, 0.1) is 17.1 Å². The fraction of sp³-hybridized carbons (Fsp3) is 0.375. The first-order valence-electron chi connectivity index (χ1n) is 10.7. The summed E-state index contributed by atoms with van der Waals surface area (Å²) in [5.74, 6) is 0.368. The fourth-order valence-corrected chi connectivity index (χ4v) is 4.08. The Balaban J connectivity index is 1.59. The summed E-state index contributed by atoms with van der Waals surface area (Å²) in [5, 5.41) is 6.04. The van der Waals surface area contributed by atoms with Crippen LogP contribution in [0, 0.1) is 13.8 Å². The minimum absolute atomic E-state index is 0.101. The highest BCUT2D eigenvalue weighted by Gasteiger charge is 2.27. The molecule has 2 N–H and O–H groups in total. The van der Waals surface area contributed by atoms with E-state index in [1.807, 2.05) is 67.8 Å². The molecule has 0 radical (unpaired) electrons. The lowest BCUT2D eigenvalue weighted by Gasteiger charge is -2.18. The van der Waals surface area contributed by atoms with Crippen molar-refractivity contribution in [3.63, 3.8) is 0 Å². The van der Waals surface area contributed by atoms with Crippen molar-refractivity contribution < 1.29 is 14.3 Å². The van der Waals surface area contributed by atoms with Gasteiger partial charge in [0.1, 0.15) is 18.5 Å². The topological polar surface area (TPSA) is 85.2 Å². The van der Waals surface area contributed by atoms with Crippen LogP contribution in [0.2, 0.25) is 0 Å². The summed E-state index contributed by atoms with van der Waals surface area (Å²) in [6, 6.07) is 13.2. The van der Waals surface area contributed by atoms with Crippen LogP contribution in [0.1, 0.15) is 42.8 Å². The average molecular weight is 421 g/mol. The molecule has 2 unspecified atom stereocenters. The van der Waals surface area contributed by atoms with E-state index >= 15 is 0 Å². The van der Waals surface area contributed by atoms with Crippen LogP contribution in [-0.4, -0.2) is 34.1 Å². The molecule has 2 heterocycles. The lowest BCUT2D eigenvalue weighted by atomic mass is 10.1. The third-order valence-electron chi connectivity index (χ3n) is 5.70. The number of ether oxygens (including phenoxy) is 1. The first kappa shape index (κ1) is 21.1. The summed E-state index contributed by atoms with van der Waals surface area (Å²) in [5.41, 5.74) is 4.50. The van der Waals surface area contributed by atoms with Crippen molar-refractivity contribution in [3.8, 4) is 0 Å². The van der Waals surface area contributed by atoms with Gasteiger partial charge in [-0.15, -0.1) is 0 Å². The fourth-order valence-electron chi connectivity index (χ4n) is 4.08. The number of anilines is 1. The largest absolute Gasteiger partial charge is 0.368 e. The predicted molar refractivity (Wildman–Crippen MR) is 120 cm³/mol. The van der Waals surface area contributed by atoms with Crippen molar-refractivity contribution in [1.82, 2.24) is 14.9 Å². The normalized spacial score (nSPS) is 16.9. The summed E-state index contributed by atoms with van der Waals surface area (Å²) in [7, 11) is 0. The molecule has 1 saturated heterocycles. The zero-order valence-corrected chi connectivity index (χ0v) is 18.1. The maximum atomic E-state index is 13.0. The van der Waals surface area contributed by atoms with E-state index in [9.17, 15) is 9.59 Å². The van der Waals surface area contributed by atoms with E-state index in [2.05, 4.69) is 10.6 Å². The number of benzene rings is 2. The molecule has 0 aliphatic carbocycles. The summed E-state index contributed by atoms with van der Waals surface area (Å²) in [6.45, 7) is 6.55. The summed E-state index contributed by atoms with van der Waals surface area (Å²) < 4.78 is 7.36. The highest BCUT2D eigenvalue weighted by atomic mass is 16.5. The number of nitrogens with zero attached hydrogens (tertiary/aromatic N) is 2. The van der Waals surface area contributed by atoms with Crippen LogP contribution in [0.3, 0.4) is 0 Å². The lowest BCUT2D eigenvalue weighted by molar-refractivity contribution is -0.130. The van der Waals surface area contributed by atoms with E-state index in [4.69, 9.17) is 9.72 Å². The molecule has 4 rings (SSSR count). The second-order valence-corrected chi connectivity index (χ2v) is 8.09. The molecule has 2 atom stereocenters. The Morgan fingerprint density at radius 3 is 2.61 bits per heavy atom. The van der Waals surface area contributed by atoms with Gasteiger partial charge in [-0.2, -0.15) is 0 Å². The van der Waals surface area contributed by atoms with Crippen LogP contribution >= 0.6 is 0 Å². The Morgan fingerprint density at radius 2 is 1.90 bits per heavy atom. The Labute approximate surface area is 181 Å². The van der Waals surface area contributed by atoms with Crippen LogP contribution in [0.25, 0.3) is 11.0 Å². The third kappa shape index (κ3) is 4.46. The van der Waals surface area contributed by atoms with Crippen molar-refractivity contribution in [3.05, 3.63) is 59.4 Å². The van der Waals surface area contributed by atoms with Gasteiger partial charge in [0.2, 0.25) is 11.8 Å². The Bertz CT molecular complexity index is 1090. The van der Waals surface area contributed by atoms with Crippen LogP contribution < -0.4 is 10.6 Å². The van der Waals surface area contributed by atoms with Gasteiger partial charge in [0.25, 0.3) is 0 Å². The van der Waals surface area contributed by atoms with Crippen LogP contribution in [0.4, 0.5) is 5.69 Å². The molecule has 1 aromatic heterocycles. The van der Waals surface area contributed by atoms with Crippen molar-refractivity contribution in [2.75, 3.05) is 11.9 Å². The molecule has 0 saturated carbocycles. The highest BCUT2D eigenvalue weighted by Crippen LogP contribution is 2.23. The van der Waals surface area contributed by atoms with Gasteiger partial charge in [-0.3, -0.25) is 9.59 Å². The number of aryl methyl sites for hydroxylation is 2. The van der Waals surface area contributed by atoms with E-state index in [0.29, 0.717) is 12.4 Å². The molecule has 1 aliphatic rings. The van der Waals surface area contributed by atoms with Gasteiger partial charge in [-0.05, 0) is 56.9 Å². The number of carbonyl (C=O) groups excluding carboxylic acids is 2. The van der Waals surface area contributed by atoms with Gasteiger partial charge in [0.15, 0.2) is 0 Å². The number of imidazole rings is 1. The first-order chi connectivity index (χ1) is 14.9. The molecule has 162 valence electrons. The van der Waals surface area contributed by atoms with Gasteiger partial charge < -0.3 is 19.9 Å². The number of fused-ring (bicyclic) bond motifs is 1. The number of para-hydroxylation sites is 3. The van der Waals surface area contributed by atoms with Gasteiger partial charge >= 0.3 is 0 Å². The number of amides is 2. The molecule has 0 bridgehead atoms. The van der Waals surface area contributed by atoms with Crippen LogP contribution in [-0.2, 0) is 20.9 Å². The summed E-state index contributed by atoms with van der Waals surface area (Å²) >= 11 is 0. The molecule has 1 aliphatic heterocycles. The number of hydrogen-bond acceptors (Lipinski definition) is 4. The van der Waals surface area contributed by atoms with Crippen LogP contribution in [0.15, 0.2) is 42.5 Å². The van der Waals surface area contributed by atoms with E-state index in [0.717, 1.165) is 40.7 Å². The Morgan fingerprint density at radius 1 is 1.16 bits per heavy atom. The van der Waals surface area contributed by atoms with Gasteiger partial charge in [-0.25, -0.2) is 4.98 Å². The third-order valence-corrected chi connectivity index (χ3v) is 5.70. The van der Waals surface area contributed by atoms with Crippen molar-refractivity contribution in [2.45, 2.75) is 52.3 Å². The summed E-state index contributed by atoms with van der Waals surface area (Å²) in [6.07, 6.45) is 1.21. The van der Waals surface area contributed by atoms with E-state index in [-0.39, 0.29) is 24.4 Å². The number of hydrogen-bond donors (Lipinski definition) is 2. The maximum absolute atomic E-state index is 13.0. The van der Waals surface area contributed by atoms with Crippen molar-refractivity contribution >= 4 is 28.5 Å². The zero-order chi connectivity index (χ0) is 22.0. The van der Waals surface area contributed by atoms with E-state index < -0.39 is 6.10 Å². The molecular weight excluding hydrogens is 392 g/mol. The molecule has 7 heteroatoms. The molecule has 3 aromatic rings. The Hall–Kier alpha value is -3.19. The smallest absolute Gasteiger partial charge is 0.249 e. The standard InChI is InChI=1S/C24H28N4O3/c1-15-8-6-9-16(2)22(15)27-21(29)14-28-19-11-5-4-10-18(19)26-23(28)17(3)25-24(30)20-12-7-13-31-20/h4-6,8-11,17,20H,7,12-14H2,1-3H3,(H,25,30)(H,27,29). The van der Waals surface area contributed by atoms with Crippen molar-refractivity contribution in [2.24, 2.45) is 0 Å². The zero-order valence-electron chi connectivity index (χ0n) is 18.1. The Kier molecular flexibility index (Phi) is 6.04. The number of carbonyl (C=O) groups is 2. The highest BCUT2D eigenvalue weighted by molar-refractivity contribution is 5.93. The molecular formula is C24H28N4O3. The van der Waals surface area contributed by atoms with Gasteiger partial charge in [0, 0.05) is 12.3 Å². The van der Waals surface area contributed by atoms with E-state index in [1.54, 1.807) is 0 Å².